The first-order chi connectivity index (χ1) is 9.63. The Bertz CT molecular complexity index is 606. The van der Waals surface area contributed by atoms with E-state index in [1.54, 1.807) is 0 Å². The van der Waals surface area contributed by atoms with Gasteiger partial charge in [-0.15, -0.1) is 10.2 Å². The van der Waals surface area contributed by atoms with Gasteiger partial charge < -0.3 is 9.15 Å². The maximum absolute atomic E-state index is 13.5. The molecular formula is C13H11BrF2N2O2. The van der Waals surface area contributed by atoms with Crippen molar-refractivity contribution in [1.29, 1.82) is 0 Å². The number of halogens is 3. The summed E-state index contributed by atoms with van der Waals surface area (Å²) >= 11 is 3.05. The Morgan fingerprint density at radius 1 is 1.30 bits per heavy atom. The van der Waals surface area contributed by atoms with E-state index in [2.05, 4.69) is 26.1 Å². The first kappa shape index (κ1) is 13.5. The van der Waals surface area contributed by atoms with Gasteiger partial charge in [0.25, 0.3) is 5.89 Å². The van der Waals surface area contributed by atoms with Crippen LogP contribution in [0.5, 0.6) is 5.75 Å². The van der Waals surface area contributed by atoms with Gasteiger partial charge in [0.15, 0.2) is 18.2 Å². The molecule has 20 heavy (non-hydrogen) atoms. The van der Waals surface area contributed by atoms with Crippen LogP contribution in [-0.2, 0) is 6.61 Å². The summed E-state index contributed by atoms with van der Waals surface area (Å²) in [6.45, 7) is -0.0547. The van der Waals surface area contributed by atoms with Gasteiger partial charge in [-0.3, -0.25) is 0 Å². The summed E-state index contributed by atoms with van der Waals surface area (Å²) < 4.78 is 37.4. The maximum Gasteiger partial charge on any atom is 0.253 e. The molecule has 0 spiro atoms. The molecular weight excluding hydrogens is 334 g/mol. The molecule has 1 aliphatic carbocycles. The van der Waals surface area contributed by atoms with Gasteiger partial charge in [-0.05, 0) is 34.8 Å². The van der Waals surface area contributed by atoms with Gasteiger partial charge in [0, 0.05) is 12.0 Å². The lowest BCUT2D eigenvalue weighted by Gasteiger charge is -2.20. The molecule has 1 saturated carbocycles. The summed E-state index contributed by atoms with van der Waals surface area (Å²) in [5.41, 5.74) is 0. The molecule has 0 bridgehead atoms. The zero-order chi connectivity index (χ0) is 14.1. The van der Waals surface area contributed by atoms with Gasteiger partial charge in [0.2, 0.25) is 5.89 Å². The summed E-state index contributed by atoms with van der Waals surface area (Å²) in [6.07, 6.45) is 3.29. The molecule has 1 fully saturated rings. The molecule has 0 saturated heterocycles. The smallest absolute Gasteiger partial charge is 0.253 e. The van der Waals surface area contributed by atoms with Crippen molar-refractivity contribution in [2.24, 2.45) is 0 Å². The van der Waals surface area contributed by atoms with E-state index in [4.69, 9.17) is 9.15 Å². The van der Waals surface area contributed by atoms with E-state index in [-0.39, 0.29) is 22.7 Å². The van der Waals surface area contributed by atoms with Crippen LogP contribution in [0.3, 0.4) is 0 Å². The van der Waals surface area contributed by atoms with Crippen molar-refractivity contribution in [3.05, 3.63) is 40.0 Å². The van der Waals surface area contributed by atoms with Crippen molar-refractivity contribution in [2.45, 2.75) is 31.8 Å². The van der Waals surface area contributed by atoms with E-state index in [9.17, 15) is 8.78 Å². The minimum Gasteiger partial charge on any atom is -0.480 e. The third-order valence-corrected chi connectivity index (χ3v) is 3.83. The maximum atomic E-state index is 13.5. The highest BCUT2D eigenvalue weighted by Crippen LogP contribution is 2.35. The highest BCUT2D eigenvalue weighted by molar-refractivity contribution is 9.10. The number of rotatable bonds is 4. The third-order valence-electron chi connectivity index (χ3n) is 3.24. The monoisotopic (exact) mass is 344 g/mol. The van der Waals surface area contributed by atoms with Crippen LogP contribution in [0.4, 0.5) is 8.78 Å². The van der Waals surface area contributed by atoms with Crippen molar-refractivity contribution in [2.75, 3.05) is 0 Å². The lowest BCUT2D eigenvalue weighted by atomic mass is 9.85. The lowest BCUT2D eigenvalue weighted by Crippen LogP contribution is -2.08. The largest absolute Gasteiger partial charge is 0.480 e. The molecule has 0 aliphatic heterocycles. The van der Waals surface area contributed by atoms with Gasteiger partial charge in [-0.25, -0.2) is 8.78 Å². The second-order valence-electron chi connectivity index (χ2n) is 4.65. The van der Waals surface area contributed by atoms with Crippen molar-refractivity contribution in [3.63, 3.8) is 0 Å². The second kappa shape index (κ2) is 5.47. The molecule has 0 atom stereocenters. The average Bonchev–Trinajstić information content (AvgIpc) is 2.73. The van der Waals surface area contributed by atoms with Crippen LogP contribution >= 0.6 is 15.9 Å². The predicted octanol–water partition coefficient (Wildman–Crippen LogP) is 3.96. The van der Waals surface area contributed by atoms with E-state index in [1.807, 2.05) is 0 Å². The molecule has 1 aromatic heterocycles. The fraction of sp³-hybridized carbons (Fsp3) is 0.385. The molecule has 0 unspecified atom stereocenters. The average molecular weight is 345 g/mol. The van der Waals surface area contributed by atoms with Gasteiger partial charge in [0.1, 0.15) is 5.82 Å². The molecule has 1 aliphatic rings. The summed E-state index contributed by atoms with van der Waals surface area (Å²) in [6, 6.07) is 1.89. The molecule has 2 aromatic rings. The van der Waals surface area contributed by atoms with Crippen LogP contribution in [0.15, 0.2) is 21.0 Å². The summed E-state index contributed by atoms with van der Waals surface area (Å²) in [5, 5.41) is 7.80. The van der Waals surface area contributed by atoms with Gasteiger partial charge in [0.05, 0.1) is 4.47 Å². The zero-order valence-corrected chi connectivity index (χ0v) is 12.0. The van der Waals surface area contributed by atoms with Gasteiger partial charge in [-0.1, -0.05) is 6.42 Å². The number of benzene rings is 1. The minimum absolute atomic E-state index is 0.0547. The molecule has 0 N–H and O–H groups in total. The fourth-order valence-corrected chi connectivity index (χ4v) is 2.47. The molecule has 0 amide bonds. The molecule has 0 radical (unpaired) electrons. The number of nitrogens with zero attached hydrogens (tertiary/aromatic N) is 2. The van der Waals surface area contributed by atoms with E-state index in [0.29, 0.717) is 11.8 Å². The first-order valence-corrected chi connectivity index (χ1v) is 7.02. The highest BCUT2D eigenvalue weighted by atomic mass is 79.9. The quantitative estimate of drug-likeness (QED) is 0.842. The Morgan fingerprint density at radius 2 is 2.10 bits per heavy atom. The van der Waals surface area contributed by atoms with Crippen molar-refractivity contribution < 1.29 is 17.9 Å². The van der Waals surface area contributed by atoms with Crippen LogP contribution in [0, 0.1) is 11.6 Å². The third kappa shape index (κ3) is 2.67. The van der Waals surface area contributed by atoms with Crippen LogP contribution in [0.25, 0.3) is 0 Å². The van der Waals surface area contributed by atoms with E-state index in [1.165, 1.54) is 6.42 Å². The lowest BCUT2D eigenvalue weighted by molar-refractivity contribution is 0.237. The summed E-state index contributed by atoms with van der Waals surface area (Å²) in [5.74, 6) is -0.307. The molecule has 1 heterocycles. The number of hydrogen-bond acceptors (Lipinski definition) is 4. The molecule has 106 valence electrons. The Balaban J connectivity index is 1.68. The Morgan fingerprint density at radius 3 is 2.75 bits per heavy atom. The van der Waals surface area contributed by atoms with Crippen molar-refractivity contribution in [3.8, 4) is 5.75 Å². The first-order valence-electron chi connectivity index (χ1n) is 6.23. The van der Waals surface area contributed by atoms with Gasteiger partial charge in [-0.2, -0.15) is 0 Å². The Kier molecular flexibility index (Phi) is 3.69. The van der Waals surface area contributed by atoms with Crippen LogP contribution in [0.1, 0.15) is 37.0 Å². The molecule has 3 rings (SSSR count). The van der Waals surface area contributed by atoms with Crippen LogP contribution < -0.4 is 4.74 Å². The van der Waals surface area contributed by atoms with E-state index < -0.39 is 11.6 Å². The van der Waals surface area contributed by atoms with Crippen LogP contribution in [-0.4, -0.2) is 10.2 Å². The number of aromatic nitrogens is 2. The number of ether oxygens (including phenoxy) is 1. The van der Waals surface area contributed by atoms with Crippen LogP contribution in [0.2, 0.25) is 0 Å². The normalized spacial score (nSPS) is 15.2. The Labute approximate surface area is 122 Å². The molecule has 4 nitrogen and oxygen atoms in total. The molecule has 7 heteroatoms. The minimum atomic E-state index is -0.782. The predicted molar refractivity (Wildman–Crippen MR) is 69.3 cm³/mol. The molecule has 1 aromatic carbocycles. The highest BCUT2D eigenvalue weighted by Gasteiger charge is 2.25. The van der Waals surface area contributed by atoms with Crippen molar-refractivity contribution >= 4 is 15.9 Å². The second-order valence-corrected chi connectivity index (χ2v) is 5.50. The number of hydrogen-bond donors (Lipinski definition) is 0. The van der Waals surface area contributed by atoms with Crippen molar-refractivity contribution in [1.82, 2.24) is 10.2 Å². The SMILES string of the molecule is Fc1cc(F)c(OCc2nnc(C3CCC3)o2)c(Br)c1. The standard InChI is InChI=1S/C13H11BrF2N2O2/c14-9-4-8(15)5-10(16)12(9)19-6-11-17-18-13(20-11)7-2-1-3-7/h4-5,7H,1-3,6H2. The zero-order valence-electron chi connectivity index (χ0n) is 10.4. The summed E-state index contributed by atoms with van der Waals surface area (Å²) in [7, 11) is 0. The summed E-state index contributed by atoms with van der Waals surface area (Å²) in [4.78, 5) is 0. The van der Waals surface area contributed by atoms with E-state index in [0.717, 1.165) is 25.0 Å². The van der Waals surface area contributed by atoms with Gasteiger partial charge >= 0.3 is 0 Å². The topological polar surface area (TPSA) is 48.2 Å². The fourth-order valence-electron chi connectivity index (χ4n) is 1.95. The van der Waals surface area contributed by atoms with E-state index >= 15 is 0 Å². The Hall–Kier alpha value is -1.50.